The van der Waals surface area contributed by atoms with Crippen LogP contribution in [-0.4, -0.2) is 47.9 Å². The maximum Gasteiger partial charge on any atom is 0.234 e. The van der Waals surface area contributed by atoms with E-state index in [2.05, 4.69) is 24.5 Å². The Morgan fingerprint density at radius 1 is 1.05 bits per heavy atom. The summed E-state index contributed by atoms with van der Waals surface area (Å²) in [5, 5.41) is 5.86. The third kappa shape index (κ3) is 8.91. The highest BCUT2D eigenvalue weighted by molar-refractivity contribution is 5.81. The number of rotatable bonds is 7. The van der Waals surface area contributed by atoms with Crippen molar-refractivity contribution in [3.8, 4) is 0 Å². The summed E-state index contributed by atoms with van der Waals surface area (Å²) in [4.78, 5) is 25.6. The molecule has 2 N–H and O–H groups in total. The van der Waals surface area contributed by atoms with E-state index in [-0.39, 0.29) is 36.5 Å². The standard InChI is InChI=1S/C15H31N3O2/c1-8-18(10-14(20)17-15(5,6)7)9-13(19)16-12(4)11(2)3/h11-12H,8-10H2,1-7H3,(H,16,19)(H,17,20). The predicted octanol–water partition coefficient (Wildman–Crippen LogP) is 1.38. The maximum absolute atomic E-state index is 11.9. The Morgan fingerprint density at radius 3 is 1.95 bits per heavy atom. The van der Waals surface area contributed by atoms with Gasteiger partial charge in [-0.25, -0.2) is 0 Å². The van der Waals surface area contributed by atoms with Crippen molar-refractivity contribution in [2.75, 3.05) is 19.6 Å². The van der Waals surface area contributed by atoms with Gasteiger partial charge in [-0.15, -0.1) is 0 Å². The monoisotopic (exact) mass is 285 g/mol. The van der Waals surface area contributed by atoms with Gasteiger partial charge < -0.3 is 10.6 Å². The molecule has 1 atom stereocenters. The number of likely N-dealkylation sites (N-methyl/N-ethyl adjacent to an activating group) is 1. The zero-order valence-corrected chi connectivity index (χ0v) is 14.0. The van der Waals surface area contributed by atoms with Crippen LogP contribution in [0, 0.1) is 5.92 Å². The molecule has 0 heterocycles. The molecule has 0 rings (SSSR count). The molecule has 0 aromatic rings. The van der Waals surface area contributed by atoms with Crippen LogP contribution in [0.5, 0.6) is 0 Å². The zero-order chi connectivity index (χ0) is 15.9. The van der Waals surface area contributed by atoms with Crippen LogP contribution in [-0.2, 0) is 9.59 Å². The summed E-state index contributed by atoms with van der Waals surface area (Å²) in [6.45, 7) is 15.1. The third-order valence-electron chi connectivity index (χ3n) is 3.08. The van der Waals surface area contributed by atoms with E-state index in [0.717, 1.165) is 0 Å². The highest BCUT2D eigenvalue weighted by Crippen LogP contribution is 2.01. The van der Waals surface area contributed by atoms with Gasteiger partial charge in [0.2, 0.25) is 11.8 Å². The number of nitrogens with zero attached hydrogens (tertiary/aromatic N) is 1. The fraction of sp³-hybridized carbons (Fsp3) is 0.867. The van der Waals surface area contributed by atoms with Gasteiger partial charge in [0.05, 0.1) is 13.1 Å². The molecule has 0 aromatic carbocycles. The Balaban J connectivity index is 4.28. The smallest absolute Gasteiger partial charge is 0.234 e. The maximum atomic E-state index is 11.9. The minimum atomic E-state index is -0.245. The van der Waals surface area contributed by atoms with Crippen LogP contribution in [0.3, 0.4) is 0 Å². The van der Waals surface area contributed by atoms with Gasteiger partial charge in [0, 0.05) is 11.6 Å². The first kappa shape index (κ1) is 18.9. The van der Waals surface area contributed by atoms with Crippen LogP contribution >= 0.6 is 0 Å². The molecule has 0 radical (unpaired) electrons. The first-order valence-corrected chi connectivity index (χ1v) is 7.38. The van der Waals surface area contributed by atoms with Crippen LogP contribution < -0.4 is 10.6 Å². The van der Waals surface area contributed by atoms with Crippen LogP contribution in [0.2, 0.25) is 0 Å². The fourth-order valence-electron chi connectivity index (χ4n) is 1.61. The molecule has 2 amide bonds. The minimum Gasteiger partial charge on any atom is -0.352 e. The molecule has 0 aliphatic carbocycles. The summed E-state index contributed by atoms with van der Waals surface area (Å²) in [6, 6.07) is 0.143. The molecule has 1 unspecified atom stereocenters. The van der Waals surface area contributed by atoms with E-state index in [4.69, 9.17) is 0 Å². The highest BCUT2D eigenvalue weighted by atomic mass is 16.2. The molecule has 0 fully saturated rings. The van der Waals surface area contributed by atoms with Gasteiger partial charge in [-0.1, -0.05) is 20.8 Å². The summed E-state index contributed by atoms with van der Waals surface area (Å²) >= 11 is 0. The molecule has 0 aliphatic heterocycles. The third-order valence-corrected chi connectivity index (χ3v) is 3.08. The van der Waals surface area contributed by atoms with E-state index >= 15 is 0 Å². The van der Waals surface area contributed by atoms with Crippen molar-refractivity contribution < 1.29 is 9.59 Å². The van der Waals surface area contributed by atoms with Crippen LogP contribution in [0.25, 0.3) is 0 Å². The van der Waals surface area contributed by atoms with Gasteiger partial charge in [0.25, 0.3) is 0 Å². The second kappa shape index (κ2) is 8.25. The summed E-state index contributed by atoms with van der Waals surface area (Å²) < 4.78 is 0. The van der Waals surface area contributed by atoms with Crippen molar-refractivity contribution in [3.05, 3.63) is 0 Å². The minimum absolute atomic E-state index is 0.0309. The highest BCUT2D eigenvalue weighted by Gasteiger charge is 2.18. The molecule has 0 aliphatic rings. The van der Waals surface area contributed by atoms with E-state index in [1.54, 1.807) is 0 Å². The van der Waals surface area contributed by atoms with Gasteiger partial charge in [0.1, 0.15) is 0 Å². The average Bonchev–Trinajstić information content (AvgIpc) is 2.24. The summed E-state index contributed by atoms with van der Waals surface area (Å²) in [6.07, 6.45) is 0. The normalized spacial score (nSPS) is 13.4. The van der Waals surface area contributed by atoms with Gasteiger partial charge >= 0.3 is 0 Å². The van der Waals surface area contributed by atoms with Crippen molar-refractivity contribution in [2.24, 2.45) is 5.92 Å². The number of hydrogen-bond donors (Lipinski definition) is 2. The molecule has 118 valence electrons. The van der Waals surface area contributed by atoms with Crippen molar-refractivity contribution in [2.45, 2.75) is 60.0 Å². The fourth-order valence-corrected chi connectivity index (χ4v) is 1.61. The van der Waals surface area contributed by atoms with E-state index in [1.165, 1.54) is 0 Å². The quantitative estimate of drug-likeness (QED) is 0.743. The Kier molecular flexibility index (Phi) is 7.79. The molecule has 0 bridgehead atoms. The van der Waals surface area contributed by atoms with Crippen LogP contribution in [0.15, 0.2) is 0 Å². The lowest BCUT2D eigenvalue weighted by molar-refractivity contribution is -0.126. The van der Waals surface area contributed by atoms with Gasteiger partial charge in [-0.05, 0) is 40.2 Å². The van der Waals surface area contributed by atoms with Gasteiger partial charge in [-0.3, -0.25) is 14.5 Å². The van der Waals surface area contributed by atoms with Gasteiger partial charge in [-0.2, -0.15) is 0 Å². The van der Waals surface area contributed by atoms with Gasteiger partial charge in [0.15, 0.2) is 0 Å². The summed E-state index contributed by atoms with van der Waals surface area (Å²) in [7, 11) is 0. The molecule has 0 aromatic heterocycles. The lowest BCUT2D eigenvalue weighted by Gasteiger charge is -2.25. The Bertz CT molecular complexity index is 322. The summed E-state index contributed by atoms with van der Waals surface area (Å²) in [5.74, 6) is 0.318. The Morgan fingerprint density at radius 2 is 1.55 bits per heavy atom. The summed E-state index contributed by atoms with van der Waals surface area (Å²) in [5.41, 5.74) is -0.245. The molecule has 5 nitrogen and oxygen atoms in total. The van der Waals surface area contributed by atoms with Crippen LogP contribution in [0.1, 0.15) is 48.5 Å². The SMILES string of the molecule is CCN(CC(=O)NC(C)C(C)C)CC(=O)NC(C)(C)C. The molecule has 20 heavy (non-hydrogen) atoms. The topological polar surface area (TPSA) is 61.4 Å². The van der Waals surface area contributed by atoms with Crippen molar-refractivity contribution in [3.63, 3.8) is 0 Å². The lowest BCUT2D eigenvalue weighted by atomic mass is 10.1. The predicted molar refractivity (Wildman–Crippen MR) is 82.5 cm³/mol. The Labute approximate surface area is 123 Å². The van der Waals surface area contributed by atoms with E-state index in [1.807, 2.05) is 39.5 Å². The molecular formula is C15H31N3O2. The second-order valence-corrected chi connectivity index (χ2v) is 6.70. The van der Waals surface area contributed by atoms with Crippen molar-refractivity contribution >= 4 is 11.8 Å². The second-order valence-electron chi connectivity index (χ2n) is 6.70. The zero-order valence-electron chi connectivity index (χ0n) is 14.0. The number of hydrogen-bond acceptors (Lipinski definition) is 3. The largest absolute Gasteiger partial charge is 0.352 e. The molecular weight excluding hydrogens is 254 g/mol. The van der Waals surface area contributed by atoms with E-state index in [0.29, 0.717) is 12.5 Å². The van der Waals surface area contributed by atoms with E-state index < -0.39 is 0 Å². The number of amides is 2. The van der Waals surface area contributed by atoms with Crippen LogP contribution in [0.4, 0.5) is 0 Å². The first-order valence-electron chi connectivity index (χ1n) is 7.38. The number of carbonyl (C=O) groups is 2. The number of nitrogens with one attached hydrogen (secondary N) is 2. The molecule has 0 saturated heterocycles. The first-order chi connectivity index (χ1) is 9.05. The van der Waals surface area contributed by atoms with Crippen molar-refractivity contribution in [1.82, 2.24) is 15.5 Å². The molecule has 0 saturated carbocycles. The van der Waals surface area contributed by atoms with Crippen molar-refractivity contribution in [1.29, 1.82) is 0 Å². The Hall–Kier alpha value is -1.10. The van der Waals surface area contributed by atoms with E-state index in [9.17, 15) is 9.59 Å². The lowest BCUT2D eigenvalue weighted by Crippen LogP contribution is -2.48. The molecule has 0 spiro atoms. The average molecular weight is 285 g/mol. The molecule has 5 heteroatoms. The number of carbonyl (C=O) groups excluding carboxylic acids is 2.